The Morgan fingerprint density at radius 1 is 1.50 bits per heavy atom. The van der Waals surface area contributed by atoms with Gasteiger partial charge >= 0.3 is 0 Å². The van der Waals surface area contributed by atoms with Gasteiger partial charge in [-0.3, -0.25) is 19.5 Å². The maximum Gasteiger partial charge on any atom is 0.240 e. The van der Waals surface area contributed by atoms with Gasteiger partial charge in [0, 0.05) is 12.4 Å². The van der Waals surface area contributed by atoms with E-state index in [4.69, 9.17) is 5.73 Å². The number of nitrogens with one attached hydrogen (secondary N) is 1. The highest BCUT2D eigenvalue weighted by molar-refractivity contribution is 5.90. The number of hydrogen-bond donors (Lipinski definition) is 2. The number of carbonyl (C=O) groups is 2. The van der Waals surface area contributed by atoms with Gasteiger partial charge in [0.25, 0.3) is 0 Å². The van der Waals surface area contributed by atoms with Crippen molar-refractivity contribution in [2.75, 3.05) is 20.1 Å². The van der Waals surface area contributed by atoms with Crippen LogP contribution in [-0.4, -0.2) is 47.4 Å². The number of aromatic nitrogens is 1. The predicted octanol–water partition coefficient (Wildman–Crippen LogP) is 0.470. The van der Waals surface area contributed by atoms with Crippen molar-refractivity contribution >= 4 is 11.8 Å². The van der Waals surface area contributed by atoms with Gasteiger partial charge in [-0.2, -0.15) is 0 Å². The summed E-state index contributed by atoms with van der Waals surface area (Å²) in [6, 6.07) is 3.97. The van der Waals surface area contributed by atoms with Crippen molar-refractivity contribution in [2.24, 2.45) is 5.73 Å². The fourth-order valence-electron chi connectivity index (χ4n) is 3.19. The van der Waals surface area contributed by atoms with Crippen LogP contribution in [0.3, 0.4) is 0 Å². The lowest BCUT2D eigenvalue weighted by Crippen LogP contribution is -2.55. The second-order valence-corrected chi connectivity index (χ2v) is 5.92. The molecular weight excluding hydrogens is 280 g/mol. The number of pyridine rings is 1. The molecule has 120 valence electrons. The van der Waals surface area contributed by atoms with Crippen molar-refractivity contribution in [3.05, 3.63) is 30.1 Å². The minimum absolute atomic E-state index is 0.0857. The zero-order valence-electron chi connectivity index (χ0n) is 13.0. The van der Waals surface area contributed by atoms with Gasteiger partial charge in [-0.05, 0) is 57.3 Å². The monoisotopic (exact) mass is 304 g/mol. The molecule has 6 nitrogen and oxygen atoms in total. The van der Waals surface area contributed by atoms with Gasteiger partial charge in [-0.15, -0.1) is 0 Å². The molecule has 0 aliphatic carbocycles. The largest absolute Gasteiger partial charge is 0.368 e. The molecule has 1 aromatic heterocycles. The third kappa shape index (κ3) is 3.82. The second-order valence-electron chi connectivity index (χ2n) is 5.92. The molecule has 6 heteroatoms. The molecule has 1 fully saturated rings. The Kier molecular flexibility index (Phi) is 5.49. The minimum Gasteiger partial charge on any atom is -0.368 e. The normalized spacial score (nSPS) is 21.7. The Morgan fingerprint density at radius 3 is 2.91 bits per heavy atom. The summed E-state index contributed by atoms with van der Waals surface area (Å²) < 4.78 is 0. The van der Waals surface area contributed by atoms with Crippen LogP contribution in [0.2, 0.25) is 0 Å². The summed E-state index contributed by atoms with van der Waals surface area (Å²) in [4.78, 5) is 29.7. The predicted molar refractivity (Wildman–Crippen MR) is 84.0 cm³/mol. The number of likely N-dealkylation sites (tertiary alicyclic amines) is 1. The van der Waals surface area contributed by atoms with Crippen molar-refractivity contribution in [2.45, 2.75) is 37.6 Å². The standard InChI is InChI=1S/C16H24N4O2/c1-20-10-4-8-16(20,15(22)19-12-14(17)21)7-2-5-13-6-3-9-18-11-13/h3,6,9,11H,2,4-5,7-8,10,12H2,1H3,(H2,17,21)(H,19,22). The number of likely N-dealkylation sites (N-methyl/N-ethyl adjacent to an activating group) is 1. The van der Waals surface area contributed by atoms with E-state index in [1.807, 2.05) is 25.4 Å². The number of nitrogens with two attached hydrogens (primary N) is 1. The lowest BCUT2D eigenvalue weighted by molar-refractivity contribution is -0.133. The maximum absolute atomic E-state index is 12.6. The van der Waals surface area contributed by atoms with Crippen LogP contribution in [0.15, 0.2) is 24.5 Å². The van der Waals surface area contributed by atoms with Gasteiger partial charge in [0.05, 0.1) is 6.54 Å². The van der Waals surface area contributed by atoms with Crippen LogP contribution in [0, 0.1) is 0 Å². The molecule has 0 spiro atoms. The number of nitrogens with zero attached hydrogens (tertiary/aromatic N) is 2. The first-order valence-electron chi connectivity index (χ1n) is 7.71. The summed E-state index contributed by atoms with van der Waals surface area (Å²) in [6.07, 6.45) is 8.00. The van der Waals surface area contributed by atoms with Crippen LogP contribution in [0.25, 0.3) is 0 Å². The van der Waals surface area contributed by atoms with E-state index in [-0.39, 0.29) is 12.5 Å². The molecule has 1 aliphatic rings. The van der Waals surface area contributed by atoms with Gasteiger partial charge < -0.3 is 11.1 Å². The van der Waals surface area contributed by atoms with Gasteiger partial charge in [-0.1, -0.05) is 6.07 Å². The summed E-state index contributed by atoms with van der Waals surface area (Å²) >= 11 is 0. The van der Waals surface area contributed by atoms with Crippen molar-refractivity contribution in [1.29, 1.82) is 0 Å². The average Bonchev–Trinajstić information content (AvgIpc) is 2.88. The Bertz CT molecular complexity index is 520. The molecule has 1 unspecified atom stereocenters. The molecule has 1 aliphatic heterocycles. The zero-order valence-corrected chi connectivity index (χ0v) is 13.0. The molecule has 2 heterocycles. The highest BCUT2D eigenvalue weighted by Crippen LogP contribution is 2.33. The number of carbonyl (C=O) groups excluding carboxylic acids is 2. The molecule has 0 aromatic carbocycles. The molecular formula is C16H24N4O2. The van der Waals surface area contributed by atoms with Crippen LogP contribution < -0.4 is 11.1 Å². The molecule has 1 atom stereocenters. The topological polar surface area (TPSA) is 88.3 Å². The van der Waals surface area contributed by atoms with Crippen molar-refractivity contribution in [1.82, 2.24) is 15.2 Å². The van der Waals surface area contributed by atoms with E-state index in [0.717, 1.165) is 38.6 Å². The highest BCUT2D eigenvalue weighted by Gasteiger charge is 2.44. The molecule has 22 heavy (non-hydrogen) atoms. The van der Waals surface area contributed by atoms with Crippen LogP contribution in [0.4, 0.5) is 0 Å². The van der Waals surface area contributed by atoms with Crippen LogP contribution >= 0.6 is 0 Å². The van der Waals surface area contributed by atoms with E-state index in [0.29, 0.717) is 0 Å². The van der Waals surface area contributed by atoms with E-state index >= 15 is 0 Å². The van der Waals surface area contributed by atoms with Crippen LogP contribution in [0.1, 0.15) is 31.2 Å². The molecule has 1 aromatic rings. The summed E-state index contributed by atoms with van der Waals surface area (Å²) in [5.74, 6) is -0.600. The molecule has 0 radical (unpaired) electrons. The molecule has 0 bridgehead atoms. The quantitative estimate of drug-likeness (QED) is 0.766. The number of rotatable bonds is 7. The highest BCUT2D eigenvalue weighted by atomic mass is 16.2. The van der Waals surface area contributed by atoms with E-state index in [1.54, 1.807) is 6.20 Å². The average molecular weight is 304 g/mol. The summed E-state index contributed by atoms with van der Waals surface area (Å²) in [7, 11) is 1.97. The van der Waals surface area contributed by atoms with Crippen LogP contribution in [-0.2, 0) is 16.0 Å². The number of amides is 2. The molecule has 0 saturated carbocycles. The Labute approximate surface area is 131 Å². The Balaban J connectivity index is 1.97. The van der Waals surface area contributed by atoms with Crippen LogP contribution in [0.5, 0.6) is 0 Å². The van der Waals surface area contributed by atoms with E-state index in [9.17, 15) is 9.59 Å². The van der Waals surface area contributed by atoms with Crippen molar-refractivity contribution in [3.63, 3.8) is 0 Å². The summed E-state index contributed by atoms with van der Waals surface area (Å²) in [5.41, 5.74) is 5.78. The zero-order chi connectivity index (χ0) is 16.0. The Hall–Kier alpha value is -1.95. The second kappa shape index (κ2) is 7.35. The lowest BCUT2D eigenvalue weighted by atomic mass is 9.88. The van der Waals surface area contributed by atoms with Gasteiger partial charge in [0.15, 0.2) is 0 Å². The smallest absolute Gasteiger partial charge is 0.240 e. The van der Waals surface area contributed by atoms with E-state index in [2.05, 4.69) is 15.2 Å². The fourth-order valence-corrected chi connectivity index (χ4v) is 3.19. The lowest BCUT2D eigenvalue weighted by Gasteiger charge is -2.34. The maximum atomic E-state index is 12.6. The van der Waals surface area contributed by atoms with Gasteiger partial charge in [-0.25, -0.2) is 0 Å². The van der Waals surface area contributed by atoms with Crippen molar-refractivity contribution in [3.8, 4) is 0 Å². The SMILES string of the molecule is CN1CCCC1(CCCc1cccnc1)C(=O)NCC(N)=O. The van der Waals surface area contributed by atoms with Gasteiger partial charge in [0.1, 0.15) is 5.54 Å². The Morgan fingerprint density at radius 2 is 2.32 bits per heavy atom. The summed E-state index contributed by atoms with van der Waals surface area (Å²) in [5, 5.41) is 2.68. The van der Waals surface area contributed by atoms with E-state index in [1.165, 1.54) is 5.56 Å². The number of primary amides is 1. The van der Waals surface area contributed by atoms with Gasteiger partial charge in [0.2, 0.25) is 11.8 Å². The third-order valence-electron chi connectivity index (χ3n) is 4.44. The molecule has 1 saturated heterocycles. The number of aryl methyl sites for hydroxylation is 1. The molecule has 2 amide bonds. The molecule has 3 N–H and O–H groups in total. The third-order valence-corrected chi connectivity index (χ3v) is 4.44. The molecule has 2 rings (SSSR count). The van der Waals surface area contributed by atoms with E-state index < -0.39 is 11.4 Å². The minimum atomic E-state index is -0.516. The first kappa shape index (κ1) is 16.4. The number of hydrogen-bond acceptors (Lipinski definition) is 4. The fraction of sp³-hybridized carbons (Fsp3) is 0.562. The first-order valence-corrected chi connectivity index (χ1v) is 7.71. The first-order chi connectivity index (χ1) is 10.5. The summed E-state index contributed by atoms with van der Waals surface area (Å²) in [6.45, 7) is 0.800. The van der Waals surface area contributed by atoms with Crippen molar-refractivity contribution < 1.29 is 9.59 Å².